The minimum atomic E-state index is 0.427. The van der Waals surface area contributed by atoms with Gasteiger partial charge in [0.2, 0.25) is 0 Å². The number of rotatable bonds is 3. The van der Waals surface area contributed by atoms with Crippen molar-refractivity contribution in [3.05, 3.63) is 0 Å². The van der Waals surface area contributed by atoms with Crippen LogP contribution in [0.3, 0.4) is 0 Å². The summed E-state index contributed by atoms with van der Waals surface area (Å²) in [5.74, 6) is 0. The molecule has 1 rings (SSSR count). The van der Waals surface area contributed by atoms with E-state index < -0.39 is 0 Å². The van der Waals surface area contributed by atoms with Gasteiger partial charge in [0.15, 0.2) is 0 Å². The molecule has 57 valence electrons. The Kier molecular flexibility index (Phi) is 3.23. The third-order valence-electron chi connectivity index (χ3n) is 1.58. The van der Waals surface area contributed by atoms with Gasteiger partial charge in [0.25, 0.3) is 0 Å². The Labute approximate surface area is 69.9 Å². The number of ether oxygens (including phenoxy) is 1. The third kappa shape index (κ3) is 2.31. The fraction of sp³-hybridized carbons (Fsp3) is 0.857. The van der Waals surface area contributed by atoms with Crippen molar-refractivity contribution in [2.24, 2.45) is 4.99 Å². The molecular formula is C7H12NOSe. The van der Waals surface area contributed by atoms with E-state index in [-0.39, 0.29) is 0 Å². The van der Waals surface area contributed by atoms with Gasteiger partial charge in [0.1, 0.15) is 0 Å². The number of hydrogen-bond donors (Lipinski definition) is 0. The molecule has 1 radical (unpaired) electrons. The molecule has 0 spiro atoms. The Morgan fingerprint density at radius 3 is 3.10 bits per heavy atom. The van der Waals surface area contributed by atoms with Crippen LogP contribution in [0, 0.1) is 0 Å². The summed E-state index contributed by atoms with van der Waals surface area (Å²) >= 11 is 2.77. The van der Waals surface area contributed by atoms with Gasteiger partial charge < -0.3 is 0 Å². The van der Waals surface area contributed by atoms with Crippen molar-refractivity contribution in [1.82, 2.24) is 0 Å². The van der Waals surface area contributed by atoms with Crippen LogP contribution in [0.25, 0.3) is 0 Å². The van der Waals surface area contributed by atoms with E-state index in [2.05, 4.69) is 27.9 Å². The molecule has 0 aromatic heterocycles. The molecule has 1 heterocycles. The van der Waals surface area contributed by atoms with E-state index in [1.165, 1.54) is 19.3 Å². The van der Waals surface area contributed by atoms with Crippen LogP contribution in [0.15, 0.2) is 4.99 Å². The van der Waals surface area contributed by atoms with E-state index in [0.717, 1.165) is 11.4 Å². The molecule has 0 fully saturated rings. The predicted octanol–water partition coefficient (Wildman–Crippen LogP) is 1.10. The van der Waals surface area contributed by atoms with Crippen molar-refractivity contribution >= 4 is 20.8 Å². The minimum absolute atomic E-state index is 0.427. The zero-order chi connectivity index (χ0) is 7.40. The first kappa shape index (κ1) is 8.09. The SMILES string of the molecule is CCCC[C@H]1COC([Se])=N1. The average Bonchev–Trinajstić information content (AvgIpc) is 2.31. The van der Waals surface area contributed by atoms with Gasteiger partial charge in [-0.15, -0.1) is 0 Å². The van der Waals surface area contributed by atoms with Gasteiger partial charge in [0.05, 0.1) is 0 Å². The number of aliphatic imine (C=N–C) groups is 1. The molecule has 0 aromatic rings. The number of nitrogens with zero attached hydrogens (tertiary/aromatic N) is 1. The monoisotopic (exact) mass is 206 g/mol. The first-order chi connectivity index (χ1) is 4.83. The van der Waals surface area contributed by atoms with Crippen LogP contribution in [0.4, 0.5) is 0 Å². The second-order valence-electron chi connectivity index (χ2n) is 2.50. The van der Waals surface area contributed by atoms with Crippen molar-refractivity contribution in [2.45, 2.75) is 32.2 Å². The van der Waals surface area contributed by atoms with Gasteiger partial charge in [-0.1, -0.05) is 0 Å². The van der Waals surface area contributed by atoms with Gasteiger partial charge in [-0.05, 0) is 0 Å². The normalized spacial score (nSPS) is 24.1. The van der Waals surface area contributed by atoms with Crippen LogP contribution in [-0.2, 0) is 4.74 Å². The van der Waals surface area contributed by atoms with E-state index >= 15 is 0 Å². The molecule has 0 bridgehead atoms. The first-order valence-electron chi connectivity index (χ1n) is 3.70. The second-order valence-corrected chi connectivity index (χ2v) is 3.23. The average molecular weight is 205 g/mol. The molecular weight excluding hydrogens is 193 g/mol. The number of unbranched alkanes of at least 4 members (excludes halogenated alkanes) is 1. The summed E-state index contributed by atoms with van der Waals surface area (Å²) < 4.78 is 5.16. The zero-order valence-electron chi connectivity index (χ0n) is 6.17. The van der Waals surface area contributed by atoms with E-state index in [9.17, 15) is 0 Å². The Morgan fingerprint density at radius 1 is 1.80 bits per heavy atom. The molecule has 2 nitrogen and oxygen atoms in total. The van der Waals surface area contributed by atoms with E-state index in [4.69, 9.17) is 4.74 Å². The summed E-state index contributed by atoms with van der Waals surface area (Å²) in [5.41, 5.74) is 0. The molecule has 3 heteroatoms. The molecule has 1 atom stereocenters. The first-order valence-corrected chi connectivity index (χ1v) is 4.56. The molecule has 0 saturated heterocycles. The fourth-order valence-corrected chi connectivity index (χ4v) is 1.43. The Hall–Kier alpha value is -0.0105. The molecule has 10 heavy (non-hydrogen) atoms. The van der Waals surface area contributed by atoms with Crippen molar-refractivity contribution in [3.63, 3.8) is 0 Å². The topological polar surface area (TPSA) is 21.6 Å². The van der Waals surface area contributed by atoms with E-state index in [1.54, 1.807) is 0 Å². The van der Waals surface area contributed by atoms with Gasteiger partial charge >= 0.3 is 69.4 Å². The summed E-state index contributed by atoms with van der Waals surface area (Å²) in [6.45, 7) is 2.97. The van der Waals surface area contributed by atoms with Gasteiger partial charge in [-0.3, -0.25) is 0 Å². The molecule has 0 N–H and O–H groups in total. The van der Waals surface area contributed by atoms with Crippen LogP contribution in [-0.4, -0.2) is 33.5 Å². The Bertz CT molecular complexity index is 136. The second kappa shape index (κ2) is 3.99. The van der Waals surface area contributed by atoms with Crippen molar-refractivity contribution < 1.29 is 4.74 Å². The Morgan fingerprint density at radius 2 is 2.60 bits per heavy atom. The predicted molar refractivity (Wildman–Crippen MR) is 42.5 cm³/mol. The van der Waals surface area contributed by atoms with Crippen molar-refractivity contribution in [1.29, 1.82) is 0 Å². The van der Waals surface area contributed by atoms with E-state index in [1.807, 2.05) is 0 Å². The molecule has 0 aromatic carbocycles. The van der Waals surface area contributed by atoms with Crippen LogP contribution in [0.1, 0.15) is 26.2 Å². The van der Waals surface area contributed by atoms with Crippen LogP contribution in [0.2, 0.25) is 0 Å². The summed E-state index contributed by atoms with van der Waals surface area (Å²) in [6.07, 6.45) is 3.67. The summed E-state index contributed by atoms with van der Waals surface area (Å²) in [6, 6.07) is 0.427. The molecule has 1 aliphatic heterocycles. The molecule has 0 saturated carbocycles. The van der Waals surface area contributed by atoms with Crippen molar-refractivity contribution in [3.8, 4) is 0 Å². The standard InChI is InChI=1S/C7H12NOSe/c1-2-3-4-6-5-9-7(10)8-6/h6H,2-5H2,1H3/t6-/m0/s1. The molecule has 1 aliphatic rings. The maximum absolute atomic E-state index is 5.16. The van der Waals surface area contributed by atoms with Crippen LogP contribution < -0.4 is 0 Å². The summed E-state index contributed by atoms with van der Waals surface area (Å²) in [5, 5.41) is 0. The quantitative estimate of drug-likeness (QED) is 0.632. The zero-order valence-corrected chi connectivity index (χ0v) is 7.88. The van der Waals surface area contributed by atoms with Gasteiger partial charge in [-0.25, -0.2) is 0 Å². The maximum atomic E-state index is 5.16. The fourth-order valence-electron chi connectivity index (χ4n) is 0.979. The van der Waals surface area contributed by atoms with Gasteiger partial charge in [0, 0.05) is 0 Å². The summed E-state index contributed by atoms with van der Waals surface area (Å²) in [7, 11) is 0. The van der Waals surface area contributed by atoms with Crippen LogP contribution in [0.5, 0.6) is 0 Å². The summed E-state index contributed by atoms with van der Waals surface area (Å²) in [4.78, 5) is 5.00. The number of hydrogen-bond acceptors (Lipinski definition) is 2. The van der Waals surface area contributed by atoms with Crippen molar-refractivity contribution in [2.75, 3.05) is 6.61 Å². The molecule has 0 amide bonds. The van der Waals surface area contributed by atoms with Crippen LogP contribution >= 0.6 is 0 Å². The third-order valence-corrected chi connectivity index (χ3v) is 2.05. The Balaban J connectivity index is 2.18. The molecule has 0 unspecified atom stereocenters. The molecule has 0 aliphatic carbocycles. The van der Waals surface area contributed by atoms with E-state index in [0.29, 0.717) is 6.04 Å². The van der Waals surface area contributed by atoms with Gasteiger partial charge in [-0.2, -0.15) is 0 Å².